The monoisotopic (exact) mass is 421 g/mol. The third kappa shape index (κ3) is 5.16. The SMILES string of the molecule is CC(NC(=O)Nc1ccc(C(=O)N2CCOCC2)cc1)c1ccc(Cl)cc1Cl. The molecule has 0 spiro atoms. The molecule has 1 fully saturated rings. The summed E-state index contributed by atoms with van der Waals surface area (Å²) in [6.45, 7) is 4.13. The Labute approximate surface area is 173 Å². The number of hydrogen-bond donors (Lipinski definition) is 2. The van der Waals surface area contributed by atoms with Crippen LogP contribution in [0.1, 0.15) is 28.9 Å². The second-order valence-electron chi connectivity index (χ2n) is 6.47. The fourth-order valence-corrected chi connectivity index (χ4v) is 3.51. The van der Waals surface area contributed by atoms with E-state index in [-0.39, 0.29) is 18.0 Å². The van der Waals surface area contributed by atoms with Crippen molar-refractivity contribution >= 4 is 40.8 Å². The van der Waals surface area contributed by atoms with Crippen LogP contribution in [-0.4, -0.2) is 43.1 Å². The number of ether oxygens (including phenoxy) is 1. The number of carbonyl (C=O) groups is 2. The van der Waals surface area contributed by atoms with Crippen molar-refractivity contribution in [3.63, 3.8) is 0 Å². The number of nitrogens with zero attached hydrogens (tertiary/aromatic N) is 1. The summed E-state index contributed by atoms with van der Waals surface area (Å²) in [5.41, 5.74) is 1.94. The first kappa shape index (κ1) is 20.5. The van der Waals surface area contributed by atoms with Crippen molar-refractivity contribution in [2.24, 2.45) is 0 Å². The maximum atomic E-state index is 12.4. The summed E-state index contributed by atoms with van der Waals surface area (Å²) in [6, 6.07) is 11.3. The molecule has 3 amide bonds. The lowest BCUT2D eigenvalue weighted by Crippen LogP contribution is -2.40. The minimum absolute atomic E-state index is 0.0368. The molecule has 8 heteroatoms. The minimum atomic E-state index is -0.370. The predicted molar refractivity (Wildman–Crippen MR) is 110 cm³/mol. The summed E-state index contributed by atoms with van der Waals surface area (Å²) < 4.78 is 5.26. The number of hydrogen-bond acceptors (Lipinski definition) is 3. The van der Waals surface area contributed by atoms with Gasteiger partial charge in [0.25, 0.3) is 5.91 Å². The number of carbonyl (C=O) groups excluding carboxylic acids is 2. The predicted octanol–water partition coefficient (Wildman–Crippen LogP) is 4.35. The summed E-state index contributed by atoms with van der Waals surface area (Å²) in [7, 11) is 0. The molecule has 28 heavy (non-hydrogen) atoms. The number of urea groups is 1. The topological polar surface area (TPSA) is 70.7 Å². The second-order valence-corrected chi connectivity index (χ2v) is 7.31. The fourth-order valence-electron chi connectivity index (χ4n) is 2.94. The molecule has 0 bridgehead atoms. The van der Waals surface area contributed by atoms with Crippen molar-refractivity contribution in [3.05, 3.63) is 63.6 Å². The number of nitrogens with one attached hydrogen (secondary N) is 2. The third-order valence-corrected chi connectivity index (χ3v) is 5.03. The molecule has 1 atom stereocenters. The summed E-state index contributed by atoms with van der Waals surface area (Å²) in [5.74, 6) is -0.0368. The van der Waals surface area contributed by atoms with E-state index in [1.165, 1.54) is 0 Å². The Morgan fingerprint density at radius 3 is 2.39 bits per heavy atom. The van der Waals surface area contributed by atoms with Crippen molar-refractivity contribution in [2.45, 2.75) is 13.0 Å². The standard InChI is InChI=1S/C20H21Cl2N3O3/c1-13(17-7-4-15(21)12-18(17)22)23-20(27)24-16-5-2-14(3-6-16)19(26)25-8-10-28-11-9-25/h2-7,12-13H,8-11H2,1H3,(H2,23,24,27). The normalized spacial score (nSPS) is 15.0. The van der Waals surface area contributed by atoms with E-state index in [4.69, 9.17) is 27.9 Å². The van der Waals surface area contributed by atoms with Gasteiger partial charge in [-0.2, -0.15) is 0 Å². The molecule has 2 N–H and O–H groups in total. The van der Waals surface area contributed by atoms with Gasteiger partial charge in [-0.15, -0.1) is 0 Å². The van der Waals surface area contributed by atoms with Crippen LogP contribution in [0, 0.1) is 0 Å². The van der Waals surface area contributed by atoms with E-state index in [1.807, 2.05) is 6.92 Å². The molecule has 0 saturated carbocycles. The molecule has 148 valence electrons. The Kier molecular flexibility index (Phi) is 6.78. The smallest absolute Gasteiger partial charge is 0.319 e. The van der Waals surface area contributed by atoms with Gasteiger partial charge in [-0.3, -0.25) is 4.79 Å². The molecule has 1 aliphatic heterocycles. The maximum absolute atomic E-state index is 12.4. The van der Waals surface area contributed by atoms with Crippen LogP contribution in [0.4, 0.5) is 10.5 Å². The van der Waals surface area contributed by atoms with Gasteiger partial charge < -0.3 is 20.3 Å². The van der Waals surface area contributed by atoms with Crippen molar-refractivity contribution in [2.75, 3.05) is 31.6 Å². The zero-order chi connectivity index (χ0) is 20.1. The molecule has 3 rings (SSSR count). The zero-order valence-electron chi connectivity index (χ0n) is 15.4. The Bertz CT molecular complexity index is 852. The summed E-state index contributed by atoms with van der Waals surface area (Å²) in [4.78, 5) is 26.5. The fraction of sp³-hybridized carbons (Fsp3) is 0.300. The van der Waals surface area contributed by atoms with E-state index >= 15 is 0 Å². The first-order chi connectivity index (χ1) is 13.4. The van der Waals surface area contributed by atoms with E-state index in [0.29, 0.717) is 47.6 Å². The Balaban J connectivity index is 1.57. The highest BCUT2D eigenvalue weighted by Gasteiger charge is 2.18. The van der Waals surface area contributed by atoms with E-state index in [9.17, 15) is 9.59 Å². The summed E-state index contributed by atoms with van der Waals surface area (Å²) in [5, 5.41) is 6.61. The first-order valence-electron chi connectivity index (χ1n) is 8.93. The van der Waals surface area contributed by atoms with Crippen molar-refractivity contribution in [3.8, 4) is 0 Å². The van der Waals surface area contributed by atoms with Crippen molar-refractivity contribution in [1.82, 2.24) is 10.2 Å². The van der Waals surface area contributed by atoms with Gasteiger partial charge in [-0.05, 0) is 48.9 Å². The van der Waals surface area contributed by atoms with Gasteiger partial charge >= 0.3 is 6.03 Å². The third-order valence-electron chi connectivity index (χ3n) is 4.46. The van der Waals surface area contributed by atoms with E-state index in [1.54, 1.807) is 47.4 Å². The summed E-state index contributed by atoms with van der Waals surface area (Å²) in [6.07, 6.45) is 0. The van der Waals surface area contributed by atoms with Crippen LogP contribution >= 0.6 is 23.2 Å². The molecule has 1 aliphatic rings. The lowest BCUT2D eigenvalue weighted by atomic mass is 10.1. The van der Waals surface area contributed by atoms with Gasteiger partial charge in [0.15, 0.2) is 0 Å². The largest absolute Gasteiger partial charge is 0.378 e. The molecule has 0 radical (unpaired) electrons. The molecular weight excluding hydrogens is 401 g/mol. The molecule has 2 aromatic rings. The quantitative estimate of drug-likeness (QED) is 0.770. The van der Waals surface area contributed by atoms with Crippen LogP contribution in [0.2, 0.25) is 10.0 Å². The van der Waals surface area contributed by atoms with Crippen LogP contribution in [0.15, 0.2) is 42.5 Å². The van der Waals surface area contributed by atoms with Crippen LogP contribution < -0.4 is 10.6 Å². The molecule has 0 aliphatic carbocycles. The molecule has 1 saturated heterocycles. The lowest BCUT2D eigenvalue weighted by molar-refractivity contribution is 0.0303. The first-order valence-corrected chi connectivity index (χ1v) is 9.69. The summed E-state index contributed by atoms with van der Waals surface area (Å²) >= 11 is 12.1. The molecular formula is C20H21Cl2N3O3. The zero-order valence-corrected chi connectivity index (χ0v) is 16.9. The van der Waals surface area contributed by atoms with Gasteiger partial charge in [-0.25, -0.2) is 4.79 Å². The number of rotatable bonds is 4. The Morgan fingerprint density at radius 1 is 1.07 bits per heavy atom. The van der Waals surface area contributed by atoms with Crippen LogP contribution in [0.3, 0.4) is 0 Å². The molecule has 1 heterocycles. The number of morpholine rings is 1. The van der Waals surface area contributed by atoms with Crippen molar-refractivity contribution in [1.29, 1.82) is 0 Å². The number of halogens is 2. The van der Waals surface area contributed by atoms with Crippen LogP contribution in [0.5, 0.6) is 0 Å². The van der Waals surface area contributed by atoms with E-state index < -0.39 is 0 Å². The molecule has 1 unspecified atom stereocenters. The lowest BCUT2D eigenvalue weighted by Gasteiger charge is -2.26. The number of benzene rings is 2. The number of amides is 3. The molecule has 0 aromatic heterocycles. The van der Waals surface area contributed by atoms with Gasteiger partial charge in [0.2, 0.25) is 0 Å². The highest BCUT2D eigenvalue weighted by molar-refractivity contribution is 6.35. The Hall–Kier alpha value is -2.28. The van der Waals surface area contributed by atoms with E-state index in [2.05, 4.69) is 10.6 Å². The Morgan fingerprint density at radius 2 is 1.75 bits per heavy atom. The van der Waals surface area contributed by atoms with Gasteiger partial charge in [0, 0.05) is 34.4 Å². The highest BCUT2D eigenvalue weighted by Crippen LogP contribution is 2.26. The average molecular weight is 422 g/mol. The van der Waals surface area contributed by atoms with Crippen LogP contribution in [-0.2, 0) is 4.74 Å². The van der Waals surface area contributed by atoms with Gasteiger partial charge in [-0.1, -0.05) is 29.3 Å². The minimum Gasteiger partial charge on any atom is -0.378 e. The van der Waals surface area contributed by atoms with Gasteiger partial charge in [0.05, 0.1) is 19.3 Å². The van der Waals surface area contributed by atoms with Crippen molar-refractivity contribution < 1.29 is 14.3 Å². The number of anilines is 1. The maximum Gasteiger partial charge on any atom is 0.319 e. The average Bonchev–Trinajstić information content (AvgIpc) is 2.68. The van der Waals surface area contributed by atoms with Crippen LogP contribution in [0.25, 0.3) is 0 Å². The highest BCUT2D eigenvalue weighted by atomic mass is 35.5. The van der Waals surface area contributed by atoms with E-state index in [0.717, 1.165) is 5.56 Å². The molecule has 6 nitrogen and oxygen atoms in total. The van der Waals surface area contributed by atoms with Gasteiger partial charge in [0.1, 0.15) is 0 Å². The molecule has 2 aromatic carbocycles. The second kappa shape index (κ2) is 9.28.